The molecule has 0 atom stereocenters. The van der Waals surface area contributed by atoms with Gasteiger partial charge in [-0.15, -0.1) is 0 Å². The molecule has 1 aromatic heterocycles. The molecule has 1 heterocycles. The number of carbonyl (C=O) groups excluding carboxylic acids is 2. The van der Waals surface area contributed by atoms with Gasteiger partial charge in [0.05, 0.1) is 11.0 Å². The van der Waals surface area contributed by atoms with Crippen molar-refractivity contribution in [3.05, 3.63) is 54.4 Å². The fourth-order valence-electron chi connectivity index (χ4n) is 2.76. The highest BCUT2D eigenvalue weighted by atomic mass is 19.4. The molecular formula is C20H19F3N4O2. The van der Waals surface area contributed by atoms with E-state index in [9.17, 15) is 22.8 Å². The SMILES string of the molecule is CC(C)C(=O)Nc1cccc(NC(=O)Cn2c(C(F)(F)F)nc3ccccc32)c1. The molecule has 152 valence electrons. The van der Waals surface area contributed by atoms with E-state index in [2.05, 4.69) is 15.6 Å². The molecule has 0 aliphatic rings. The summed E-state index contributed by atoms with van der Waals surface area (Å²) in [7, 11) is 0. The van der Waals surface area contributed by atoms with E-state index in [1.165, 1.54) is 18.2 Å². The predicted octanol–water partition coefficient (Wildman–Crippen LogP) is 4.29. The Labute approximate surface area is 164 Å². The Morgan fingerprint density at radius 3 is 2.34 bits per heavy atom. The van der Waals surface area contributed by atoms with Gasteiger partial charge in [-0.25, -0.2) is 4.98 Å². The summed E-state index contributed by atoms with van der Waals surface area (Å²) in [4.78, 5) is 27.8. The highest BCUT2D eigenvalue weighted by molar-refractivity contribution is 5.95. The number of nitrogens with one attached hydrogen (secondary N) is 2. The molecule has 29 heavy (non-hydrogen) atoms. The number of anilines is 2. The maximum atomic E-state index is 13.3. The van der Waals surface area contributed by atoms with Crippen molar-refractivity contribution >= 4 is 34.2 Å². The van der Waals surface area contributed by atoms with Crippen LogP contribution in [-0.2, 0) is 22.3 Å². The van der Waals surface area contributed by atoms with Crippen molar-refractivity contribution in [2.75, 3.05) is 10.6 Å². The fourth-order valence-corrected chi connectivity index (χ4v) is 2.76. The minimum atomic E-state index is -4.69. The van der Waals surface area contributed by atoms with Gasteiger partial charge < -0.3 is 15.2 Å². The molecule has 3 aromatic rings. The molecule has 6 nitrogen and oxygen atoms in total. The number of hydrogen-bond acceptors (Lipinski definition) is 3. The lowest BCUT2D eigenvalue weighted by Crippen LogP contribution is -2.23. The Kier molecular flexibility index (Phi) is 5.58. The Morgan fingerprint density at radius 1 is 1.03 bits per heavy atom. The molecule has 2 N–H and O–H groups in total. The topological polar surface area (TPSA) is 76.0 Å². The highest BCUT2D eigenvalue weighted by Gasteiger charge is 2.38. The Hall–Kier alpha value is -3.36. The first-order valence-corrected chi connectivity index (χ1v) is 8.88. The quantitative estimate of drug-likeness (QED) is 0.666. The zero-order valence-electron chi connectivity index (χ0n) is 15.7. The zero-order chi connectivity index (χ0) is 21.2. The number of alkyl halides is 3. The molecule has 0 aliphatic carbocycles. The molecule has 9 heteroatoms. The van der Waals surface area contributed by atoms with Crippen LogP contribution in [0.5, 0.6) is 0 Å². The van der Waals surface area contributed by atoms with Crippen molar-refractivity contribution in [2.24, 2.45) is 5.92 Å². The number of carbonyl (C=O) groups is 2. The van der Waals surface area contributed by atoms with Gasteiger partial charge in [-0.2, -0.15) is 13.2 Å². The Morgan fingerprint density at radius 2 is 1.69 bits per heavy atom. The molecule has 0 radical (unpaired) electrons. The summed E-state index contributed by atoms with van der Waals surface area (Å²) in [6.07, 6.45) is -4.69. The lowest BCUT2D eigenvalue weighted by Gasteiger charge is -2.13. The van der Waals surface area contributed by atoms with Crippen LogP contribution in [0.1, 0.15) is 19.7 Å². The van der Waals surface area contributed by atoms with Crippen molar-refractivity contribution in [3.8, 4) is 0 Å². The van der Waals surface area contributed by atoms with Gasteiger partial charge >= 0.3 is 6.18 Å². The zero-order valence-corrected chi connectivity index (χ0v) is 15.7. The van der Waals surface area contributed by atoms with Crippen LogP contribution in [0.15, 0.2) is 48.5 Å². The van der Waals surface area contributed by atoms with E-state index >= 15 is 0 Å². The lowest BCUT2D eigenvalue weighted by atomic mass is 10.2. The average molecular weight is 404 g/mol. The molecule has 0 fully saturated rings. The van der Waals surface area contributed by atoms with Crippen LogP contribution in [0.25, 0.3) is 11.0 Å². The van der Waals surface area contributed by atoms with Crippen LogP contribution in [0.2, 0.25) is 0 Å². The number of para-hydroxylation sites is 2. The number of hydrogen-bond donors (Lipinski definition) is 2. The molecule has 0 aliphatic heterocycles. The summed E-state index contributed by atoms with van der Waals surface area (Å²) in [5.41, 5.74) is 1.21. The van der Waals surface area contributed by atoms with E-state index in [1.807, 2.05) is 0 Å². The van der Waals surface area contributed by atoms with Gasteiger partial charge in [0, 0.05) is 17.3 Å². The Bertz CT molecular complexity index is 1060. The molecule has 0 saturated carbocycles. The van der Waals surface area contributed by atoms with Crippen molar-refractivity contribution in [3.63, 3.8) is 0 Å². The summed E-state index contributed by atoms with van der Waals surface area (Å²) in [6, 6.07) is 12.5. The molecule has 2 amide bonds. The third-order valence-corrected chi connectivity index (χ3v) is 4.15. The summed E-state index contributed by atoms with van der Waals surface area (Å²) in [6.45, 7) is 2.93. The summed E-state index contributed by atoms with van der Waals surface area (Å²) < 4.78 is 40.9. The third kappa shape index (κ3) is 4.74. The van der Waals surface area contributed by atoms with Gasteiger partial charge in [-0.1, -0.05) is 32.0 Å². The lowest BCUT2D eigenvalue weighted by molar-refractivity contribution is -0.147. The smallest absolute Gasteiger partial charge is 0.326 e. The van der Waals surface area contributed by atoms with Gasteiger partial charge in [-0.05, 0) is 30.3 Å². The molecule has 0 bridgehead atoms. The normalized spacial score (nSPS) is 11.7. The third-order valence-electron chi connectivity index (χ3n) is 4.15. The van der Waals surface area contributed by atoms with Gasteiger partial charge in [-0.3, -0.25) is 9.59 Å². The molecular weight excluding hydrogens is 385 g/mol. The van der Waals surface area contributed by atoms with Crippen molar-refractivity contribution in [2.45, 2.75) is 26.6 Å². The molecule has 0 unspecified atom stereocenters. The van der Waals surface area contributed by atoms with Gasteiger partial charge in [0.25, 0.3) is 0 Å². The second kappa shape index (κ2) is 7.94. The summed E-state index contributed by atoms with van der Waals surface area (Å²) in [5.74, 6) is -2.19. The van der Waals surface area contributed by atoms with E-state index < -0.39 is 24.5 Å². The van der Waals surface area contributed by atoms with Crippen LogP contribution < -0.4 is 10.6 Å². The van der Waals surface area contributed by atoms with Gasteiger partial charge in [0.15, 0.2) is 0 Å². The minimum absolute atomic E-state index is 0.158. The van der Waals surface area contributed by atoms with E-state index in [4.69, 9.17) is 0 Å². The van der Waals surface area contributed by atoms with E-state index in [1.54, 1.807) is 44.2 Å². The van der Waals surface area contributed by atoms with Crippen LogP contribution >= 0.6 is 0 Å². The maximum absolute atomic E-state index is 13.3. The van der Waals surface area contributed by atoms with Crippen molar-refractivity contribution in [1.82, 2.24) is 9.55 Å². The number of amides is 2. The van der Waals surface area contributed by atoms with E-state index in [0.29, 0.717) is 11.4 Å². The standard InChI is InChI=1S/C20H19F3N4O2/c1-12(2)18(29)25-14-7-5-6-13(10-14)24-17(28)11-27-16-9-4-3-8-15(16)26-19(27)20(21,22)23/h3-10,12H,11H2,1-2H3,(H,24,28)(H,25,29). The molecule has 2 aromatic carbocycles. The number of rotatable bonds is 5. The minimum Gasteiger partial charge on any atom is -0.326 e. The van der Waals surface area contributed by atoms with E-state index in [-0.39, 0.29) is 22.9 Å². The predicted molar refractivity (Wildman–Crippen MR) is 103 cm³/mol. The first kappa shape index (κ1) is 20.4. The van der Waals surface area contributed by atoms with Crippen LogP contribution in [-0.4, -0.2) is 21.4 Å². The second-order valence-electron chi connectivity index (χ2n) is 6.78. The molecule has 0 saturated heterocycles. The van der Waals surface area contributed by atoms with Gasteiger partial charge in [0.2, 0.25) is 17.6 Å². The second-order valence-corrected chi connectivity index (χ2v) is 6.78. The number of imidazole rings is 1. The number of benzene rings is 2. The largest absolute Gasteiger partial charge is 0.449 e. The maximum Gasteiger partial charge on any atom is 0.449 e. The fraction of sp³-hybridized carbons (Fsp3) is 0.250. The Balaban J connectivity index is 1.81. The number of fused-ring (bicyclic) bond motifs is 1. The first-order valence-electron chi connectivity index (χ1n) is 8.88. The monoisotopic (exact) mass is 404 g/mol. The van der Waals surface area contributed by atoms with Crippen LogP contribution in [0.4, 0.5) is 24.5 Å². The first-order chi connectivity index (χ1) is 13.6. The van der Waals surface area contributed by atoms with Crippen LogP contribution in [0.3, 0.4) is 0 Å². The van der Waals surface area contributed by atoms with Crippen molar-refractivity contribution in [1.29, 1.82) is 0 Å². The number of aromatic nitrogens is 2. The van der Waals surface area contributed by atoms with E-state index in [0.717, 1.165) is 4.57 Å². The summed E-state index contributed by atoms with van der Waals surface area (Å²) in [5, 5.41) is 5.26. The number of halogens is 3. The van der Waals surface area contributed by atoms with Gasteiger partial charge in [0.1, 0.15) is 6.54 Å². The summed E-state index contributed by atoms with van der Waals surface area (Å²) >= 11 is 0. The van der Waals surface area contributed by atoms with Crippen molar-refractivity contribution < 1.29 is 22.8 Å². The molecule has 0 spiro atoms. The average Bonchev–Trinajstić information content (AvgIpc) is 3.01. The number of nitrogens with zero attached hydrogens (tertiary/aromatic N) is 2. The highest BCUT2D eigenvalue weighted by Crippen LogP contribution is 2.31. The molecule has 3 rings (SSSR count). The van der Waals surface area contributed by atoms with Crippen LogP contribution in [0, 0.1) is 5.92 Å².